The van der Waals surface area contributed by atoms with Crippen LogP contribution in [0.1, 0.15) is 29.6 Å². The van der Waals surface area contributed by atoms with Crippen LogP contribution in [0, 0.1) is 0 Å². The number of aromatic nitrogens is 1. The molecule has 1 aromatic heterocycles. The SMILES string of the molecule is O=C(c1cccnc1)C1CCCCS1(=O)=O. The molecular weight excluding hydrogens is 226 g/mol. The smallest absolute Gasteiger partial charge is 0.182 e. The minimum Gasteiger partial charge on any atom is -0.293 e. The summed E-state index contributed by atoms with van der Waals surface area (Å²) in [6.45, 7) is 0. The number of hydrogen-bond donors (Lipinski definition) is 0. The van der Waals surface area contributed by atoms with Crippen molar-refractivity contribution in [3.05, 3.63) is 30.1 Å². The van der Waals surface area contributed by atoms with E-state index in [-0.39, 0.29) is 11.5 Å². The van der Waals surface area contributed by atoms with E-state index in [0.29, 0.717) is 18.4 Å². The Hall–Kier alpha value is -1.23. The highest BCUT2D eigenvalue weighted by molar-refractivity contribution is 7.92. The fraction of sp³-hybridized carbons (Fsp3) is 0.455. The molecule has 2 rings (SSSR count). The second kappa shape index (κ2) is 4.33. The number of carbonyl (C=O) groups excluding carboxylic acids is 1. The van der Waals surface area contributed by atoms with Crippen LogP contribution in [0.5, 0.6) is 0 Å². The van der Waals surface area contributed by atoms with Gasteiger partial charge in [-0.25, -0.2) is 8.42 Å². The summed E-state index contributed by atoms with van der Waals surface area (Å²) in [4.78, 5) is 15.8. The van der Waals surface area contributed by atoms with Gasteiger partial charge in [0, 0.05) is 18.0 Å². The molecule has 1 fully saturated rings. The molecule has 1 aromatic rings. The normalized spacial score (nSPS) is 23.9. The largest absolute Gasteiger partial charge is 0.293 e. The van der Waals surface area contributed by atoms with E-state index in [0.717, 1.165) is 6.42 Å². The zero-order valence-corrected chi connectivity index (χ0v) is 9.61. The quantitative estimate of drug-likeness (QED) is 0.728. The Morgan fingerprint density at radius 1 is 1.38 bits per heavy atom. The number of rotatable bonds is 2. The van der Waals surface area contributed by atoms with E-state index in [1.165, 1.54) is 6.20 Å². The lowest BCUT2D eigenvalue weighted by Crippen LogP contribution is -2.35. The summed E-state index contributed by atoms with van der Waals surface area (Å²) in [6.07, 6.45) is 4.89. The minimum absolute atomic E-state index is 0.129. The van der Waals surface area contributed by atoms with Crippen LogP contribution in [0.15, 0.2) is 24.5 Å². The Kier molecular flexibility index (Phi) is 3.05. The van der Waals surface area contributed by atoms with Crippen molar-refractivity contribution in [2.24, 2.45) is 0 Å². The van der Waals surface area contributed by atoms with Gasteiger partial charge < -0.3 is 0 Å². The van der Waals surface area contributed by atoms with E-state index in [4.69, 9.17) is 0 Å². The fourth-order valence-corrected chi connectivity index (χ4v) is 3.82. The van der Waals surface area contributed by atoms with E-state index >= 15 is 0 Å². The Bertz CT molecular complexity index is 481. The van der Waals surface area contributed by atoms with Crippen molar-refractivity contribution >= 4 is 15.6 Å². The third-order valence-electron chi connectivity index (χ3n) is 2.82. The molecule has 86 valence electrons. The van der Waals surface area contributed by atoms with Crippen molar-refractivity contribution in [3.8, 4) is 0 Å². The monoisotopic (exact) mass is 239 g/mol. The van der Waals surface area contributed by atoms with E-state index in [1.807, 2.05) is 0 Å². The van der Waals surface area contributed by atoms with Gasteiger partial charge in [-0.1, -0.05) is 6.42 Å². The molecule has 1 aliphatic heterocycles. The fourth-order valence-electron chi connectivity index (χ4n) is 1.94. The maximum atomic E-state index is 12.0. The van der Waals surface area contributed by atoms with Gasteiger partial charge in [0.25, 0.3) is 0 Å². The van der Waals surface area contributed by atoms with Gasteiger partial charge in [0.05, 0.1) is 5.75 Å². The van der Waals surface area contributed by atoms with Crippen molar-refractivity contribution in [2.45, 2.75) is 24.5 Å². The second-order valence-electron chi connectivity index (χ2n) is 3.96. The van der Waals surface area contributed by atoms with Crippen LogP contribution >= 0.6 is 0 Å². The number of hydrogen-bond acceptors (Lipinski definition) is 4. The number of carbonyl (C=O) groups is 1. The van der Waals surface area contributed by atoms with Crippen LogP contribution in [0.3, 0.4) is 0 Å². The molecule has 16 heavy (non-hydrogen) atoms. The van der Waals surface area contributed by atoms with Gasteiger partial charge in [-0.05, 0) is 25.0 Å². The van der Waals surface area contributed by atoms with Gasteiger partial charge in [-0.2, -0.15) is 0 Å². The van der Waals surface area contributed by atoms with E-state index in [9.17, 15) is 13.2 Å². The highest BCUT2D eigenvalue weighted by Gasteiger charge is 2.35. The summed E-state index contributed by atoms with van der Waals surface area (Å²) in [5, 5.41) is -0.856. The molecule has 0 saturated carbocycles. The standard InChI is InChI=1S/C11H13NO3S/c13-11(9-4-3-6-12-8-9)10-5-1-2-7-16(10,14)15/h3-4,6,8,10H,1-2,5,7H2. The summed E-state index contributed by atoms with van der Waals surface area (Å²) < 4.78 is 23.5. The molecule has 0 N–H and O–H groups in total. The lowest BCUT2D eigenvalue weighted by molar-refractivity contribution is 0.0981. The van der Waals surface area contributed by atoms with Crippen LogP contribution < -0.4 is 0 Å². The first-order chi connectivity index (χ1) is 7.61. The molecule has 0 aliphatic carbocycles. The lowest BCUT2D eigenvalue weighted by atomic mass is 10.1. The van der Waals surface area contributed by atoms with Crippen molar-refractivity contribution in [2.75, 3.05) is 5.75 Å². The van der Waals surface area contributed by atoms with Crippen molar-refractivity contribution in [1.82, 2.24) is 4.98 Å². The third-order valence-corrected chi connectivity index (χ3v) is 4.99. The van der Waals surface area contributed by atoms with Gasteiger partial charge in [0.2, 0.25) is 0 Å². The Balaban J connectivity index is 2.28. The molecule has 0 spiro atoms. The van der Waals surface area contributed by atoms with Gasteiger partial charge in [0.1, 0.15) is 5.25 Å². The number of sulfone groups is 1. The molecule has 0 amide bonds. The first-order valence-electron chi connectivity index (χ1n) is 5.27. The van der Waals surface area contributed by atoms with E-state index in [1.54, 1.807) is 18.3 Å². The maximum absolute atomic E-state index is 12.0. The number of pyridine rings is 1. The molecule has 0 aromatic carbocycles. The molecule has 1 saturated heterocycles. The Morgan fingerprint density at radius 3 is 2.81 bits per heavy atom. The summed E-state index contributed by atoms with van der Waals surface area (Å²) in [5.74, 6) is -0.184. The topological polar surface area (TPSA) is 64.1 Å². The molecule has 0 bridgehead atoms. The summed E-state index contributed by atoms with van der Waals surface area (Å²) in [5.41, 5.74) is 0.387. The maximum Gasteiger partial charge on any atom is 0.182 e. The Labute approximate surface area is 94.6 Å². The first kappa shape index (κ1) is 11.3. The predicted molar refractivity (Wildman–Crippen MR) is 60.0 cm³/mol. The van der Waals surface area contributed by atoms with E-state index in [2.05, 4.69) is 4.98 Å². The van der Waals surface area contributed by atoms with E-state index < -0.39 is 15.1 Å². The molecule has 1 unspecified atom stereocenters. The highest BCUT2D eigenvalue weighted by atomic mass is 32.2. The van der Waals surface area contributed by atoms with Crippen LogP contribution in [0.2, 0.25) is 0 Å². The molecule has 2 heterocycles. The summed E-state index contributed by atoms with van der Waals surface area (Å²) >= 11 is 0. The highest BCUT2D eigenvalue weighted by Crippen LogP contribution is 2.22. The van der Waals surface area contributed by atoms with Gasteiger partial charge in [-0.3, -0.25) is 9.78 Å². The molecule has 5 heteroatoms. The molecule has 1 atom stereocenters. The number of ketones is 1. The minimum atomic E-state index is -3.25. The molecule has 4 nitrogen and oxygen atoms in total. The third kappa shape index (κ3) is 2.14. The van der Waals surface area contributed by atoms with Crippen LogP contribution in [-0.2, 0) is 9.84 Å². The van der Waals surface area contributed by atoms with Crippen LogP contribution in [0.4, 0.5) is 0 Å². The zero-order valence-electron chi connectivity index (χ0n) is 8.80. The van der Waals surface area contributed by atoms with Crippen molar-refractivity contribution in [3.63, 3.8) is 0 Å². The number of nitrogens with zero attached hydrogens (tertiary/aromatic N) is 1. The van der Waals surface area contributed by atoms with Gasteiger partial charge in [0.15, 0.2) is 15.6 Å². The predicted octanol–water partition coefficient (Wildman–Crippen LogP) is 1.23. The van der Waals surface area contributed by atoms with Crippen molar-refractivity contribution < 1.29 is 13.2 Å². The number of Topliss-reactive ketones (excluding diaryl/α,β-unsaturated/α-hetero) is 1. The Morgan fingerprint density at radius 2 is 2.19 bits per heavy atom. The zero-order chi connectivity index (χ0) is 11.6. The first-order valence-corrected chi connectivity index (χ1v) is 6.98. The second-order valence-corrected chi connectivity index (χ2v) is 6.26. The summed E-state index contributed by atoms with van der Waals surface area (Å²) in [7, 11) is -3.25. The molecule has 1 aliphatic rings. The van der Waals surface area contributed by atoms with Crippen molar-refractivity contribution in [1.29, 1.82) is 0 Å². The summed E-state index contributed by atoms with van der Waals surface area (Å²) in [6, 6.07) is 3.25. The molecule has 0 radical (unpaired) electrons. The molecular formula is C11H13NO3S. The van der Waals surface area contributed by atoms with Gasteiger partial charge in [-0.15, -0.1) is 0 Å². The lowest BCUT2D eigenvalue weighted by Gasteiger charge is -2.20. The average molecular weight is 239 g/mol. The van der Waals surface area contributed by atoms with Gasteiger partial charge >= 0.3 is 0 Å². The van der Waals surface area contributed by atoms with Crippen LogP contribution in [-0.4, -0.2) is 30.2 Å². The average Bonchev–Trinajstić information content (AvgIpc) is 2.29. The van der Waals surface area contributed by atoms with Crippen LogP contribution in [0.25, 0.3) is 0 Å².